The maximum absolute atomic E-state index is 13.3. The first-order chi connectivity index (χ1) is 22.9. The third kappa shape index (κ3) is 14.6. The molecule has 0 aromatic rings. The number of nitrogens with zero attached hydrogens (tertiary/aromatic N) is 8. The van der Waals surface area contributed by atoms with Crippen LogP contribution >= 0.6 is 0 Å². The Balaban J connectivity index is 1.85. The molecule has 0 aromatic carbocycles. The average molecular weight is 685 g/mol. The Labute approximate surface area is 288 Å². The van der Waals surface area contributed by atoms with Crippen molar-refractivity contribution in [3.63, 3.8) is 0 Å². The number of epoxide rings is 2. The number of hydrogen-bond donors (Lipinski definition) is 1. The highest BCUT2D eigenvalue weighted by Crippen LogP contribution is 2.17. The van der Waals surface area contributed by atoms with E-state index in [1.807, 2.05) is 51.8 Å². The Bertz CT molecular complexity index is 923. The van der Waals surface area contributed by atoms with Crippen molar-refractivity contribution >= 4 is 23.6 Å². The molecule has 2 saturated heterocycles. The van der Waals surface area contributed by atoms with E-state index in [0.29, 0.717) is 91.0 Å². The number of carbonyl (C=O) groups excluding carboxylic acids is 4. The van der Waals surface area contributed by atoms with E-state index in [4.69, 9.17) is 9.47 Å². The normalized spacial score (nSPS) is 17.6. The van der Waals surface area contributed by atoms with Gasteiger partial charge in [-0.3, -0.25) is 39.2 Å². The van der Waals surface area contributed by atoms with Gasteiger partial charge in [0.15, 0.2) is 0 Å². The molecule has 278 valence electrons. The molecule has 1 N–H and O–H groups in total. The van der Waals surface area contributed by atoms with Gasteiger partial charge in [-0.15, -0.1) is 0 Å². The van der Waals surface area contributed by atoms with Crippen LogP contribution in [-0.4, -0.2) is 181 Å². The minimum atomic E-state index is -0.977. The number of aliphatic hydroxyl groups excluding tert-OH is 1. The van der Waals surface area contributed by atoms with E-state index in [1.54, 1.807) is 44.1 Å². The van der Waals surface area contributed by atoms with Crippen molar-refractivity contribution in [1.29, 1.82) is 0 Å². The smallest absolute Gasteiger partial charge is 0.236 e. The number of rotatable bonds is 26. The minimum Gasteiger partial charge on any atom is -0.389 e. The van der Waals surface area contributed by atoms with Crippen LogP contribution in [-0.2, 0) is 28.7 Å². The topological polar surface area (TPSA) is 139 Å². The first kappa shape index (κ1) is 41.8. The zero-order valence-corrected chi connectivity index (χ0v) is 30.9. The molecule has 2 heterocycles. The van der Waals surface area contributed by atoms with Crippen LogP contribution in [0.4, 0.5) is 0 Å². The molecule has 48 heavy (non-hydrogen) atoms. The Morgan fingerprint density at radius 1 is 0.542 bits per heavy atom. The number of ether oxygens (including phenoxy) is 2. The largest absolute Gasteiger partial charge is 0.389 e. The molecule has 2 aliphatic heterocycles. The van der Waals surface area contributed by atoms with Gasteiger partial charge in [0.2, 0.25) is 23.6 Å². The molecule has 2 rings (SSSR count). The number of hydrazine groups is 4. The van der Waals surface area contributed by atoms with Crippen LogP contribution < -0.4 is 0 Å². The van der Waals surface area contributed by atoms with Crippen LogP contribution in [0.2, 0.25) is 0 Å². The summed E-state index contributed by atoms with van der Waals surface area (Å²) >= 11 is 0. The number of amides is 4. The molecule has 4 amide bonds. The first-order valence-corrected chi connectivity index (χ1v) is 17.8. The highest BCUT2D eigenvalue weighted by molar-refractivity contribution is 5.78. The minimum absolute atomic E-state index is 0.0198. The number of unbranched alkanes of at least 4 members (excludes halogenated alkanes) is 2. The van der Waals surface area contributed by atoms with Crippen molar-refractivity contribution in [3.05, 3.63) is 0 Å². The maximum atomic E-state index is 13.3. The molecule has 15 nitrogen and oxygen atoms in total. The fourth-order valence-corrected chi connectivity index (χ4v) is 5.22. The summed E-state index contributed by atoms with van der Waals surface area (Å²) in [4.78, 5) is 52.3. The molecule has 0 saturated carbocycles. The summed E-state index contributed by atoms with van der Waals surface area (Å²) in [6.45, 7) is 12.9. The van der Waals surface area contributed by atoms with Crippen LogP contribution in [0.25, 0.3) is 0 Å². The van der Waals surface area contributed by atoms with Crippen LogP contribution in [0.1, 0.15) is 79.1 Å². The van der Waals surface area contributed by atoms with Crippen LogP contribution in [0, 0.1) is 0 Å². The summed E-state index contributed by atoms with van der Waals surface area (Å²) in [6.07, 6.45) is 2.65. The Morgan fingerprint density at radius 3 is 1.04 bits per heavy atom. The van der Waals surface area contributed by atoms with Crippen LogP contribution in [0.5, 0.6) is 0 Å². The van der Waals surface area contributed by atoms with Crippen LogP contribution in [0.15, 0.2) is 0 Å². The molecule has 0 aliphatic carbocycles. The predicted octanol–water partition coefficient (Wildman–Crippen LogP) is 1.05. The SMILES string of the molecule is CCN(C)N(CC(O)CN(C(=O)CCCCC(=O)N(CC1CO1)N(C)CC)N(C)CC)C(=O)CCCCC(=O)N(CC1CO1)N(C)CC. The third-order valence-electron chi connectivity index (χ3n) is 9.02. The summed E-state index contributed by atoms with van der Waals surface area (Å²) in [5.41, 5.74) is 0. The van der Waals surface area contributed by atoms with E-state index in [-0.39, 0.29) is 61.8 Å². The number of hydrogen-bond acceptors (Lipinski definition) is 11. The summed E-state index contributed by atoms with van der Waals surface area (Å²) in [5, 5.41) is 25.0. The van der Waals surface area contributed by atoms with Crippen molar-refractivity contribution in [2.75, 3.05) is 93.8 Å². The second-order valence-corrected chi connectivity index (χ2v) is 12.8. The van der Waals surface area contributed by atoms with Gasteiger partial charge in [-0.1, -0.05) is 27.7 Å². The van der Waals surface area contributed by atoms with Gasteiger partial charge in [0.05, 0.1) is 45.5 Å². The average Bonchev–Trinajstić information content (AvgIpc) is 4.02. The Hall–Kier alpha value is -2.40. The van der Waals surface area contributed by atoms with E-state index in [9.17, 15) is 24.3 Å². The molecule has 0 bridgehead atoms. The first-order valence-electron chi connectivity index (χ1n) is 17.8. The molecule has 2 aliphatic rings. The summed E-state index contributed by atoms with van der Waals surface area (Å²) in [6, 6.07) is 0. The fraction of sp³-hybridized carbons (Fsp3) is 0.879. The molecule has 2 unspecified atom stereocenters. The van der Waals surface area contributed by atoms with Crippen molar-refractivity contribution in [3.8, 4) is 0 Å². The van der Waals surface area contributed by atoms with Gasteiger partial charge in [-0.25, -0.2) is 20.0 Å². The van der Waals surface area contributed by atoms with Crippen LogP contribution in [0.3, 0.4) is 0 Å². The van der Waals surface area contributed by atoms with E-state index in [2.05, 4.69) is 0 Å². The maximum Gasteiger partial charge on any atom is 0.236 e. The quantitative estimate of drug-likeness (QED) is 0.0795. The lowest BCUT2D eigenvalue weighted by Gasteiger charge is -2.36. The molecule has 0 radical (unpaired) electrons. The summed E-state index contributed by atoms with van der Waals surface area (Å²) in [7, 11) is 7.37. The highest BCUT2D eigenvalue weighted by atomic mass is 16.6. The van der Waals surface area contributed by atoms with Gasteiger partial charge < -0.3 is 14.6 Å². The van der Waals surface area contributed by atoms with Crippen molar-refractivity contribution < 1.29 is 33.8 Å². The van der Waals surface area contributed by atoms with Gasteiger partial charge >= 0.3 is 0 Å². The second kappa shape index (κ2) is 21.6. The van der Waals surface area contributed by atoms with E-state index in [1.165, 1.54) is 0 Å². The van der Waals surface area contributed by atoms with Gasteiger partial charge in [0, 0.05) is 80.1 Å². The molecule has 0 spiro atoms. The van der Waals surface area contributed by atoms with E-state index >= 15 is 0 Å². The lowest BCUT2D eigenvalue weighted by molar-refractivity contribution is -0.156. The molecular weight excluding hydrogens is 620 g/mol. The molecule has 0 aromatic heterocycles. The van der Waals surface area contributed by atoms with Gasteiger partial charge in [-0.05, 0) is 25.7 Å². The highest BCUT2D eigenvalue weighted by Gasteiger charge is 2.31. The summed E-state index contributed by atoms with van der Waals surface area (Å²) < 4.78 is 10.6. The van der Waals surface area contributed by atoms with Crippen molar-refractivity contribution in [2.24, 2.45) is 0 Å². The van der Waals surface area contributed by atoms with Crippen molar-refractivity contribution in [2.45, 2.75) is 97.4 Å². The Morgan fingerprint density at radius 2 is 0.792 bits per heavy atom. The zero-order valence-electron chi connectivity index (χ0n) is 30.9. The number of carbonyl (C=O) groups is 4. The molecular formula is C33H64N8O7. The summed E-state index contributed by atoms with van der Waals surface area (Å²) in [5.74, 6) is -0.234. The lowest BCUT2D eigenvalue weighted by Crippen LogP contribution is -2.53. The number of aliphatic hydroxyl groups is 1. The lowest BCUT2D eigenvalue weighted by atomic mass is 10.1. The Kier molecular flexibility index (Phi) is 18.8. The van der Waals surface area contributed by atoms with Gasteiger partial charge in [-0.2, -0.15) is 0 Å². The predicted molar refractivity (Wildman–Crippen MR) is 182 cm³/mol. The van der Waals surface area contributed by atoms with E-state index < -0.39 is 6.10 Å². The van der Waals surface area contributed by atoms with Crippen molar-refractivity contribution in [1.82, 2.24) is 40.1 Å². The molecule has 15 heteroatoms. The third-order valence-corrected chi connectivity index (χ3v) is 9.02. The fourth-order valence-electron chi connectivity index (χ4n) is 5.22. The molecule has 2 fully saturated rings. The monoisotopic (exact) mass is 684 g/mol. The second-order valence-electron chi connectivity index (χ2n) is 12.8. The standard InChI is InChI=1S/C33H64N8O7/c1-9-34(5)38(30(43)17-13-15-19-32(45)40(36(7)11-3)23-28-25-47-28)21-27(42)22-39(35(6)10-2)31(44)18-14-16-20-33(46)41(37(8)12-4)24-29-26-48-29/h27-29,42H,9-26H2,1-8H3. The van der Waals surface area contributed by atoms with Gasteiger partial charge in [0.25, 0.3) is 0 Å². The zero-order chi connectivity index (χ0) is 35.8. The molecule has 2 atom stereocenters. The van der Waals surface area contributed by atoms with E-state index in [0.717, 1.165) is 0 Å². The van der Waals surface area contributed by atoms with Gasteiger partial charge in [0.1, 0.15) is 12.2 Å².